The molecule has 0 atom stereocenters. The minimum absolute atomic E-state index is 0.0399. The first-order valence-corrected chi connectivity index (χ1v) is 24.1. The molecule has 0 saturated carbocycles. The largest absolute Gasteiger partial charge is 0.501 e. The minimum Gasteiger partial charge on any atom is -0.501 e. The van der Waals surface area contributed by atoms with E-state index < -0.39 is 0 Å². The zero-order valence-electron chi connectivity index (χ0n) is 39.4. The lowest BCUT2D eigenvalue weighted by atomic mass is 10.0. The van der Waals surface area contributed by atoms with Crippen LogP contribution in [0.2, 0.25) is 0 Å². The number of rotatable bonds is 35. The van der Waals surface area contributed by atoms with Gasteiger partial charge in [-0.15, -0.1) is 0 Å². The summed E-state index contributed by atoms with van der Waals surface area (Å²) in [4.78, 5) is 0. The van der Waals surface area contributed by atoms with Crippen molar-refractivity contribution in [2.24, 2.45) is 0 Å². The van der Waals surface area contributed by atoms with E-state index in [9.17, 15) is 0 Å². The molecule has 0 aromatic rings. The maximum absolute atomic E-state index is 5.67. The van der Waals surface area contributed by atoms with Gasteiger partial charge in [-0.1, -0.05) is 181 Å². The van der Waals surface area contributed by atoms with Crippen LogP contribution in [0.4, 0.5) is 0 Å². The van der Waals surface area contributed by atoms with Crippen LogP contribution in [-0.4, -0.2) is 39.3 Å². The molecule has 1 aliphatic carbocycles. The van der Waals surface area contributed by atoms with E-state index >= 15 is 0 Å². The molecule has 5 heteroatoms. The number of ether oxygens (including phenoxy) is 5. The van der Waals surface area contributed by atoms with Crippen molar-refractivity contribution in [1.29, 1.82) is 0 Å². The Bertz CT molecular complexity index is 880. The van der Waals surface area contributed by atoms with Crippen LogP contribution in [0.25, 0.3) is 0 Å². The van der Waals surface area contributed by atoms with Gasteiger partial charge in [0.15, 0.2) is 6.29 Å². The van der Waals surface area contributed by atoms with Crippen LogP contribution in [0.3, 0.4) is 0 Å². The Morgan fingerprint density at radius 1 is 0.561 bits per heavy atom. The van der Waals surface area contributed by atoms with Gasteiger partial charge >= 0.3 is 0 Å². The van der Waals surface area contributed by atoms with Gasteiger partial charge < -0.3 is 23.7 Å². The molecule has 336 valence electrons. The highest BCUT2D eigenvalue weighted by Gasteiger charge is 2.07. The molecule has 0 aromatic carbocycles. The van der Waals surface area contributed by atoms with Crippen LogP contribution in [0, 0.1) is 0 Å². The molecular formula is C52H98O5. The summed E-state index contributed by atoms with van der Waals surface area (Å²) in [5.41, 5.74) is 1.44. The van der Waals surface area contributed by atoms with E-state index in [2.05, 4.69) is 92.3 Å². The van der Waals surface area contributed by atoms with Crippen molar-refractivity contribution < 1.29 is 23.7 Å². The smallest absolute Gasteiger partial charge is 0.274 e. The Morgan fingerprint density at radius 3 is 1.58 bits per heavy atom. The Balaban J connectivity index is -0.000000703. The molecule has 0 N–H and O–H groups in total. The van der Waals surface area contributed by atoms with Crippen molar-refractivity contribution in [3.63, 3.8) is 0 Å². The fourth-order valence-electron chi connectivity index (χ4n) is 5.19. The van der Waals surface area contributed by atoms with Crippen molar-refractivity contribution >= 4 is 0 Å². The Kier molecular flexibility index (Phi) is 57.9. The van der Waals surface area contributed by atoms with Gasteiger partial charge in [-0.2, -0.15) is 0 Å². The molecule has 0 radical (unpaired) electrons. The van der Waals surface area contributed by atoms with Crippen LogP contribution in [0.15, 0.2) is 73.0 Å². The van der Waals surface area contributed by atoms with Crippen LogP contribution >= 0.6 is 0 Å². The summed E-state index contributed by atoms with van der Waals surface area (Å²) in [6, 6.07) is 0. The third-order valence-corrected chi connectivity index (χ3v) is 9.05. The first-order valence-electron chi connectivity index (χ1n) is 24.1. The number of allylic oxidation sites excluding steroid dienone is 9. The summed E-state index contributed by atoms with van der Waals surface area (Å²) in [6.07, 6.45) is 50.2. The zero-order valence-corrected chi connectivity index (χ0v) is 39.4. The van der Waals surface area contributed by atoms with Crippen molar-refractivity contribution in [2.45, 2.75) is 229 Å². The van der Waals surface area contributed by atoms with E-state index in [4.69, 9.17) is 23.7 Å². The van der Waals surface area contributed by atoms with Gasteiger partial charge in [-0.05, 0) is 102 Å². The normalized spacial score (nSPS) is 12.3. The molecule has 0 saturated heterocycles. The summed E-state index contributed by atoms with van der Waals surface area (Å²) in [6.45, 7) is 25.3. The fraction of sp³-hybridized carbons (Fsp3) is 0.769. The van der Waals surface area contributed by atoms with Crippen LogP contribution in [-0.2, 0) is 23.7 Å². The minimum atomic E-state index is 0.0399. The van der Waals surface area contributed by atoms with E-state index in [0.717, 1.165) is 90.3 Å². The summed E-state index contributed by atoms with van der Waals surface area (Å²) in [5, 5.41) is 0. The van der Waals surface area contributed by atoms with Crippen molar-refractivity contribution in [3.8, 4) is 0 Å². The molecule has 0 amide bonds. The van der Waals surface area contributed by atoms with Crippen LogP contribution in [0.1, 0.15) is 222 Å². The molecule has 0 heterocycles. The van der Waals surface area contributed by atoms with Crippen LogP contribution < -0.4 is 0 Å². The van der Waals surface area contributed by atoms with E-state index in [1.165, 1.54) is 121 Å². The van der Waals surface area contributed by atoms with Crippen LogP contribution in [0.5, 0.6) is 0 Å². The van der Waals surface area contributed by atoms with E-state index in [-0.39, 0.29) is 6.29 Å². The predicted octanol–water partition coefficient (Wildman–Crippen LogP) is 17.2. The number of hydrogen-bond donors (Lipinski definition) is 0. The van der Waals surface area contributed by atoms with E-state index in [0.29, 0.717) is 0 Å². The molecule has 0 fully saturated rings. The molecule has 1 aliphatic rings. The maximum atomic E-state index is 5.67. The summed E-state index contributed by atoms with van der Waals surface area (Å²) >= 11 is 0. The highest BCUT2D eigenvalue weighted by Crippen LogP contribution is 2.17. The first-order chi connectivity index (χ1) is 28.0. The second kappa shape index (κ2) is 55.9. The molecular weight excluding hydrogens is 705 g/mol. The average Bonchev–Trinajstić information content (AvgIpc) is 3.23. The van der Waals surface area contributed by atoms with Gasteiger partial charge in [-0.3, -0.25) is 0 Å². The zero-order chi connectivity index (χ0) is 42.6. The third-order valence-electron chi connectivity index (χ3n) is 9.05. The first kappa shape index (κ1) is 59.1. The molecule has 0 spiro atoms. The van der Waals surface area contributed by atoms with Gasteiger partial charge in [0.05, 0.1) is 26.1 Å². The second-order valence-electron chi connectivity index (χ2n) is 14.9. The van der Waals surface area contributed by atoms with Gasteiger partial charge in [0.1, 0.15) is 0 Å². The maximum Gasteiger partial charge on any atom is 0.274 e. The number of hydrogen-bond acceptors (Lipinski definition) is 5. The highest BCUT2D eigenvalue weighted by atomic mass is 16.7. The van der Waals surface area contributed by atoms with Gasteiger partial charge in [-0.25, -0.2) is 0 Å². The number of unbranched alkanes of at least 4 members (excludes halogenated alkanes) is 13. The Labute approximate surface area is 357 Å². The lowest BCUT2D eigenvalue weighted by Crippen LogP contribution is -2.18. The summed E-state index contributed by atoms with van der Waals surface area (Å²) in [7, 11) is 0. The lowest BCUT2D eigenvalue weighted by molar-refractivity contribution is -0.147. The summed E-state index contributed by atoms with van der Waals surface area (Å²) in [5.74, 6) is 0.758. The topological polar surface area (TPSA) is 46.2 Å². The van der Waals surface area contributed by atoms with Crippen molar-refractivity contribution in [1.82, 2.24) is 0 Å². The van der Waals surface area contributed by atoms with E-state index in [1.54, 1.807) is 6.26 Å². The van der Waals surface area contributed by atoms with Gasteiger partial charge in [0.2, 0.25) is 0 Å². The molecule has 0 unspecified atom stereocenters. The molecule has 0 aromatic heterocycles. The molecule has 5 nitrogen and oxygen atoms in total. The monoisotopic (exact) mass is 803 g/mol. The standard InChI is InChI=1S/C16H32O2.C16H28O.C12H26O2.C8H12/c1-4-7-10-11-12-13-16(17-14-8-5-2)18-15-9-6-3;1-3-5-7-8-9-10-11-12-13-14-16-17-15-6-4-2;1-4-7-10-13-12(9-6-3)14-11-8-5-2;1-2-8-6-4-3-5-7-8/h13H,4-12,14-15H2,1-3H3;10-14,16H,3-9,15H2,1-2H3;12H,4-11H2,1-3H3;2,6H,1,3-5,7H2. The van der Waals surface area contributed by atoms with Crippen molar-refractivity contribution in [3.05, 3.63) is 73.0 Å². The molecule has 0 bridgehead atoms. The lowest BCUT2D eigenvalue weighted by Gasteiger charge is -2.17. The summed E-state index contributed by atoms with van der Waals surface area (Å²) < 4.78 is 27.9. The molecule has 57 heavy (non-hydrogen) atoms. The third kappa shape index (κ3) is 53.8. The quantitative estimate of drug-likeness (QED) is 0.0276. The predicted molar refractivity (Wildman–Crippen MR) is 253 cm³/mol. The highest BCUT2D eigenvalue weighted by molar-refractivity contribution is 5.17. The van der Waals surface area contributed by atoms with Crippen molar-refractivity contribution in [2.75, 3.05) is 33.0 Å². The van der Waals surface area contributed by atoms with Gasteiger partial charge in [0.25, 0.3) is 5.95 Å². The fourth-order valence-corrected chi connectivity index (χ4v) is 5.19. The van der Waals surface area contributed by atoms with E-state index in [1.807, 2.05) is 18.2 Å². The second-order valence-corrected chi connectivity index (χ2v) is 14.9. The molecule has 1 rings (SSSR count). The molecule has 0 aliphatic heterocycles. The Hall–Kier alpha value is -2.24. The van der Waals surface area contributed by atoms with Gasteiger partial charge in [0, 0.05) is 13.2 Å². The average molecular weight is 803 g/mol. The SMILES string of the molecule is C=CC1=CCCCC1.CCCCCCC=C(OCCCC)OCCCC.CCCCCCC=CC=CC=COCCCC.CCCCOC(CCC)OCCCC. The Morgan fingerprint density at radius 2 is 1.09 bits per heavy atom.